The van der Waals surface area contributed by atoms with E-state index in [-0.39, 0.29) is 12.5 Å². The first kappa shape index (κ1) is 22.5. The van der Waals surface area contributed by atoms with Crippen LogP contribution in [0.2, 0.25) is 0 Å². The van der Waals surface area contributed by atoms with E-state index in [2.05, 4.69) is 20.9 Å². The first-order valence-electron chi connectivity index (χ1n) is 11.6. The van der Waals surface area contributed by atoms with Gasteiger partial charge >= 0.3 is 0 Å². The third-order valence-corrected chi connectivity index (χ3v) is 6.06. The Labute approximate surface area is 204 Å². The largest absolute Gasteiger partial charge is 0.481 e. The average molecular weight is 470 g/mol. The molecule has 35 heavy (non-hydrogen) atoms. The van der Waals surface area contributed by atoms with Gasteiger partial charge in [-0.15, -0.1) is 5.10 Å². The Morgan fingerprint density at radius 3 is 2.46 bits per heavy atom. The normalized spacial score (nSPS) is 13.7. The van der Waals surface area contributed by atoms with Crippen LogP contribution in [0.25, 0.3) is 22.8 Å². The quantitative estimate of drug-likeness (QED) is 0.429. The average Bonchev–Trinajstić information content (AvgIpc) is 3.33. The zero-order valence-electron chi connectivity index (χ0n) is 19.8. The molecule has 2 aromatic heterocycles. The lowest BCUT2D eigenvalue weighted by molar-refractivity contribution is -0.132. The molecule has 2 aromatic carbocycles. The highest BCUT2D eigenvalue weighted by Crippen LogP contribution is 2.24. The van der Waals surface area contributed by atoms with Crippen molar-refractivity contribution >= 4 is 11.7 Å². The molecule has 9 nitrogen and oxygen atoms in total. The number of methoxy groups -OCH3 is 1. The van der Waals surface area contributed by atoms with Crippen molar-refractivity contribution in [2.45, 2.75) is 13.5 Å². The fourth-order valence-electron chi connectivity index (χ4n) is 4.19. The maximum absolute atomic E-state index is 13.3. The van der Waals surface area contributed by atoms with Crippen molar-refractivity contribution in [2.24, 2.45) is 0 Å². The number of carbonyl (C=O) groups is 1. The summed E-state index contributed by atoms with van der Waals surface area (Å²) in [7, 11) is 1.58. The predicted octanol–water partition coefficient (Wildman–Crippen LogP) is 3.07. The number of piperazine rings is 1. The molecule has 0 aliphatic carbocycles. The molecule has 1 aliphatic rings. The molecule has 4 aromatic rings. The van der Waals surface area contributed by atoms with E-state index in [1.165, 1.54) is 6.33 Å². The predicted molar refractivity (Wildman–Crippen MR) is 133 cm³/mol. The number of aryl methyl sites for hydroxylation is 1. The van der Waals surface area contributed by atoms with Crippen LogP contribution in [0, 0.1) is 6.92 Å². The topological polar surface area (TPSA) is 89.3 Å². The summed E-state index contributed by atoms with van der Waals surface area (Å²) in [6.07, 6.45) is 1.49. The molecule has 9 heteroatoms. The lowest BCUT2D eigenvalue weighted by Crippen LogP contribution is -2.50. The van der Waals surface area contributed by atoms with Crippen LogP contribution in [-0.4, -0.2) is 68.8 Å². The Morgan fingerprint density at radius 2 is 1.71 bits per heavy atom. The van der Waals surface area contributed by atoms with Crippen molar-refractivity contribution < 1.29 is 9.53 Å². The standard InChI is InChI=1S/C26H27N7O2/c1-19-7-6-10-21(15-19)25-29-26(20-8-4-3-5-9-20)33(30-25)17-24(34)32-13-11-31(12-14-32)22-16-23(35-2)28-18-27-22/h3-10,15-16,18H,11-14,17H2,1-2H3. The minimum absolute atomic E-state index is 0.0165. The summed E-state index contributed by atoms with van der Waals surface area (Å²) in [6, 6.07) is 19.7. The van der Waals surface area contributed by atoms with Gasteiger partial charge in [0.25, 0.3) is 0 Å². The van der Waals surface area contributed by atoms with Crippen LogP contribution < -0.4 is 9.64 Å². The number of rotatable bonds is 6. The smallest absolute Gasteiger partial charge is 0.244 e. The monoisotopic (exact) mass is 469 g/mol. The molecule has 0 N–H and O–H groups in total. The van der Waals surface area contributed by atoms with Crippen molar-refractivity contribution in [3.8, 4) is 28.7 Å². The van der Waals surface area contributed by atoms with E-state index < -0.39 is 0 Å². The van der Waals surface area contributed by atoms with Crippen LogP contribution in [0.5, 0.6) is 5.88 Å². The first-order chi connectivity index (χ1) is 17.1. The SMILES string of the molecule is COc1cc(N2CCN(C(=O)Cn3nc(-c4cccc(C)c4)nc3-c3ccccc3)CC2)ncn1. The number of hydrogen-bond acceptors (Lipinski definition) is 7. The molecule has 0 radical (unpaired) electrons. The zero-order valence-corrected chi connectivity index (χ0v) is 19.8. The lowest BCUT2D eigenvalue weighted by atomic mass is 10.1. The Hall–Kier alpha value is -4.27. The third kappa shape index (κ3) is 4.98. The Balaban J connectivity index is 1.33. The molecule has 1 aliphatic heterocycles. The van der Waals surface area contributed by atoms with Crippen LogP contribution >= 0.6 is 0 Å². The van der Waals surface area contributed by atoms with Gasteiger partial charge in [-0.2, -0.15) is 0 Å². The van der Waals surface area contributed by atoms with Crippen LogP contribution in [0.1, 0.15) is 5.56 Å². The van der Waals surface area contributed by atoms with Gasteiger partial charge < -0.3 is 14.5 Å². The van der Waals surface area contributed by atoms with Gasteiger partial charge in [0, 0.05) is 43.4 Å². The van der Waals surface area contributed by atoms with Crippen molar-refractivity contribution in [3.63, 3.8) is 0 Å². The van der Waals surface area contributed by atoms with E-state index in [1.807, 2.05) is 66.4 Å². The summed E-state index contributed by atoms with van der Waals surface area (Å²) in [5, 5.41) is 4.73. The van der Waals surface area contributed by atoms with Crippen molar-refractivity contribution in [1.82, 2.24) is 29.6 Å². The van der Waals surface area contributed by atoms with E-state index in [9.17, 15) is 4.79 Å². The zero-order chi connectivity index (χ0) is 24.2. The number of amides is 1. The van der Waals surface area contributed by atoms with Crippen LogP contribution in [0.4, 0.5) is 5.82 Å². The Bertz CT molecular complexity index is 1310. The highest BCUT2D eigenvalue weighted by molar-refractivity contribution is 5.77. The molecule has 178 valence electrons. The number of anilines is 1. The number of benzene rings is 2. The first-order valence-corrected chi connectivity index (χ1v) is 11.6. The summed E-state index contributed by atoms with van der Waals surface area (Å²) in [5.74, 6) is 2.64. The molecule has 1 amide bonds. The van der Waals surface area contributed by atoms with Gasteiger partial charge in [0.1, 0.15) is 18.7 Å². The second kappa shape index (κ2) is 9.92. The summed E-state index contributed by atoms with van der Waals surface area (Å²) >= 11 is 0. The van der Waals surface area contributed by atoms with E-state index in [4.69, 9.17) is 14.8 Å². The van der Waals surface area contributed by atoms with Gasteiger partial charge in [-0.05, 0) is 13.0 Å². The molecule has 0 bridgehead atoms. The van der Waals surface area contributed by atoms with Gasteiger partial charge in [-0.1, -0.05) is 54.1 Å². The van der Waals surface area contributed by atoms with Gasteiger partial charge in [0.2, 0.25) is 11.8 Å². The molecule has 1 saturated heterocycles. The Kier molecular flexibility index (Phi) is 6.38. The van der Waals surface area contributed by atoms with Gasteiger partial charge in [0.05, 0.1) is 7.11 Å². The van der Waals surface area contributed by atoms with Crippen molar-refractivity contribution in [3.05, 3.63) is 72.6 Å². The number of ether oxygens (including phenoxy) is 1. The van der Waals surface area contributed by atoms with Crippen molar-refractivity contribution in [2.75, 3.05) is 38.2 Å². The van der Waals surface area contributed by atoms with E-state index in [0.717, 1.165) is 22.5 Å². The molecule has 1 fully saturated rings. The molecular formula is C26H27N7O2. The minimum atomic E-state index is 0.0165. The molecule has 0 saturated carbocycles. The van der Waals surface area contributed by atoms with Crippen LogP contribution in [-0.2, 0) is 11.3 Å². The lowest BCUT2D eigenvalue weighted by Gasteiger charge is -2.35. The van der Waals surface area contributed by atoms with Crippen molar-refractivity contribution in [1.29, 1.82) is 0 Å². The number of aromatic nitrogens is 5. The number of hydrogen-bond donors (Lipinski definition) is 0. The summed E-state index contributed by atoms with van der Waals surface area (Å²) in [4.78, 5) is 30.5. The van der Waals surface area contributed by atoms with E-state index in [0.29, 0.717) is 43.7 Å². The van der Waals surface area contributed by atoms with Crippen LogP contribution in [0.15, 0.2) is 67.0 Å². The molecular weight excluding hydrogens is 442 g/mol. The fourth-order valence-corrected chi connectivity index (χ4v) is 4.19. The molecule has 3 heterocycles. The number of nitrogens with zero attached hydrogens (tertiary/aromatic N) is 7. The van der Waals surface area contributed by atoms with E-state index >= 15 is 0 Å². The van der Waals surface area contributed by atoms with E-state index in [1.54, 1.807) is 11.8 Å². The maximum atomic E-state index is 13.3. The summed E-state index contributed by atoms with van der Waals surface area (Å²) < 4.78 is 6.92. The molecule has 0 unspecified atom stereocenters. The second-order valence-electron chi connectivity index (χ2n) is 8.44. The maximum Gasteiger partial charge on any atom is 0.244 e. The Morgan fingerprint density at radius 1 is 0.943 bits per heavy atom. The van der Waals surface area contributed by atoms with Gasteiger partial charge in [-0.3, -0.25) is 4.79 Å². The van der Waals surface area contributed by atoms with Gasteiger partial charge in [0.15, 0.2) is 11.6 Å². The molecule has 5 rings (SSSR count). The number of carbonyl (C=O) groups excluding carboxylic acids is 1. The van der Waals surface area contributed by atoms with Crippen LogP contribution in [0.3, 0.4) is 0 Å². The van der Waals surface area contributed by atoms with Gasteiger partial charge in [-0.25, -0.2) is 19.6 Å². The minimum Gasteiger partial charge on any atom is -0.481 e. The third-order valence-electron chi connectivity index (χ3n) is 6.06. The summed E-state index contributed by atoms with van der Waals surface area (Å²) in [5.41, 5.74) is 2.99. The summed E-state index contributed by atoms with van der Waals surface area (Å²) in [6.45, 7) is 4.74. The second-order valence-corrected chi connectivity index (χ2v) is 8.44. The highest BCUT2D eigenvalue weighted by Gasteiger charge is 2.24. The molecule has 0 atom stereocenters. The molecule has 0 spiro atoms. The fraction of sp³-hybridized carbons (Fsp3) is 0.269. The highest BCUT2D eigenvalue weighted by atomic mass is 16.5.